The van der Waals surface area contributed by atoms with Gasteiger partial charge in [-0.25, -0.2) is 13.1 Å². The number of amides is 1. The van der Waals surface area contributed by atoms with E-state index >= 15 is 0 Å². The molecule has 2 heterocycles. The fourth-order valence-corrected chi connectivity index (χ4v) is 5.81. The third-order valence-corrected chi connectivity index (χ3v) is 7.60. The molecular weight excluding hydrogens is 410 g/mol. The van der Waals surface area contributed by atoms with Crippen molar-refractivity contribution in [3.63, 3.8) is 0 Å². The molecule has 1 aromatic heterocycles. The number of nitrogens with one attached hydrogen (secondary N) is 1. The van der Waals surface area contributed by atoms with Gasteiger partial charge in [-0.1, -0.05) is 54.2 Å². The Morgan fingerprint density at radius 1 is 1.21 bits per heavy atom. The number of carbonyl (C=O) groups is 1. The van der Waals surface area contributed by atoms with Gasteiger partial charge in [0.25, 0.3) is 0 Å². The quantitative estimate of drug-likeness (QED) is 0.443. The maximum Gasteiger partial charge on any atom is 0.230 e. The molecule has 3 N–H and O–H groups in total. The Labute approximate surface area is 172 Å². The average molecular weight is 432 g/mol. The minimum Gasteiger partial charge on any atom is -0.352 e. The van der Waals surface area contributed by atoms with E-state index in [9.17, 15) is 13.2 Å². The predicted molar refractivity (Wildman–Crippen MR) is 113 cm³/mol. The molecule has 10 heteroatoms. The first kappa shape index (κ1) is 19.7. The molecule has 152 valence electrons. The largest absolute Gasteiger partial charge is 0.352 e. The lowest BCUT2D eigenvalue weighted by atomic mass is 10.0. The molecule has 0 aliphatic carbocycles. The van der Waals surface area contributed by atoms with Crippen molar-refractivity contribution in [2.75, 3.05) is 23.1 Å². The molecule has 1 aliphatic rings. The summed E-state index contributed by atoms with van der Waals surface area (Å²) in [6.07, 6.45) is 0.985. The van der Waals surface area contributed by atoms with Crippen LogP contribution >= 0.6 is 11.8 Å². The summed E-state index contributed by atoms with van der Waals surface area (Å²) in [5, 5.41) is 13.7. The Morgan fingerprint density at radius 2 is 2.00 bits per heavy atom. The van der Waals surface area contributed by atoms with Crippen molar-refractivity contribution in [2.45, 2.75) is 24.0 Å². The average Bonchev–Trinajstić information content (AvgIpc) is 3.22. The Hall–Kier alpha value is -2.59. The molecule has 2 aromatic carbocycles. The highest BCUT2D eigenvalue weighted by molar-refractivity contribution is 7.99. The topological polar surface area (TPSA) is 120 Å². The van der Waals surface area contributed by atoms with E-state index in [2.05, 4.69) is 33.7 Å². The van der Waals surface area contributed by atoms with Gasteiger partial charge in [-0.15, -0.1) is 10.2 Å². The van der Waals surface area contributed by atoms with Gasteiger partial charge in [-0.05, 0) is 22.8 Å². The number of nitrogen functional groups attached to an aromatic ring is 1. The number of nitrogens with two attached hydrogens (primary N) is 1. The van der Waals surface area contributed by atoms with Crippen LogP contribution in [0.15, 0.2) is 47.6 Å². The third-order valence-electron chi connectivity index (χ3n) is 4.89. The van der Waals surface area contributed by atoms with E-state index in [0.717, 1.165) is 16.3 Å². The van der Waals surface area contributed by atoms with E-state index in [1.807, 2.05) is 24.3 Å². The van der Waals surface area contributed by atoms with E-state index in [0.29, 0.717) is 23.8 Å². The number of fused-ring (bicyclic) bond motifs is 1. The van der Waals surface area contributed by atoms with E-state index in [-0.39, 0.29) is 29.2 Å². The second-order valence-electron chi connectivity index (χ2n) is 7.04. The summed E-state index contributed by atoms with van der Waals surface area (Å²) >= 11 is 1.18. The molecule has 8 nitrogen and oxygen atoms in total. The second-order valence-corrected chi connectivity index (χ2v) is 10.2. The van der Waals surface area contributed by atoms with Gasteiger partial charge in [0, 0.05) is 12.5 Å². The van der Waals surface area contributed by atoms with Crippen molar-refractivity contribution in [1.82, 2.24) is 20.2 Å². The van der Waals surface area contributed by atoms with Crippen LogP contribution in [-0.4, -0.2) is 52.5 Å². The lowest BCUT2D eigenvalue weighted by molar-refractivity contribution is -0.119. The maximum atomic E-state index is 12.1. The molecule has 1 atom stereocenters. The fourth-order valence-electron chi connectivity index (χ4n) is 3.45. The number of rotatable bonds is 6. The highest BCUT2D eigenvalue weighted by Crippen LogP contribution is 2.22. The Balaban J connectivity index is 1.39. The molecular formula is C19H21N5O3S2. The van der Waals surface area contributed by atoms with E-state index in [4.69, 9.17) is 5.84 Å². The van der Waals surface area contributed by atoms with Crippen molar-refractivity contribution in [2.24, 2.45) is 0 Å². The van der Waals surface area contributed by atoms with Crippen molar-refractivity contribution in [3.05, 3.63) is 53.9 Å². The second kappa shape index (κ2) is 8.03. The zero-order valence-corrected chi connectivity index (χ0v) is 17.2. The summed E-state index contributed by atoms with van der Waals surface area (Å²) in [5.41, 5.74) is 1.10. The van der Waals surface area contributed by atoms with Crippen LogP contribution in [0.2, 0.25) is 0 Å². The molecule has 1 aliphatic heterocycles. The first-order chi connectivity index (χ1) is 13.9. The zero-order valence-electron chi connectivity index (χ0n) is 15.6. The van der Waals surface area contributed by atoms with Gasteiger partial charge in [0.1, 0.15) is 0 Å². The molecule has 0 saturated carbocycles. The predicted octanol–water partition coefficient (Wildman–Crippen LogP) is 1.13. The molecule has 0 unspecified atom stereocenters. The first-order valence-electron chi connectivity index (χ1n) is 9.20. The summed E-state index contributed by atoms with van der Waals surface area (Å²) in [4.78, 5) is 12.1. The first-order valence-corrected chi connectivity index (χ1v) is 12.0. The van der Waals surface area contributed by atoms with Crippen LogP contribution in [0.25, 0.3) is 10.8 Å². The molecule has 1 saturated heterocycles. The van der Waals surface area contributed by atoms with Gasteiger partial charge in [0.05, 0.1) is 17.3 Å². The number of nitrogens with zero attached hydrogens (tertiary/aromatic N) is 3. The highest BCUT2D eigenvalue weighted by Gasteiger charge is 2.29. The number of aromatic nitrogens is 3. The molecule has 0 bridgehead atoms. The number of benzene rings is 2. The summed E-state index contributed by atoms with van der Waals surface area (Å²) in [6, 6.07) is 13.9. The van der Waals surface area contributed by atoms with Crippen LogP contribution in [0.1, 0.15) is 17.8 Å². The monoisotopic (exact) mass is 431 g/mol. The lowest BCUT2D eigenvalue weighted by Crippen LogP contribution is -2.36. The molecule has 0 radical (unpaired) electrons. The molecule has 1 fully saturated rings. The van der Waals surface area contributed by atoms with Crippen LogP contribution in [-0.2, 0) is 21.1 Å². The normalized spacial score (nSPS) is 18.1. The van der Waals surface area contributed by atoms with E-state index in [1.54, 1.807) is 0 Å². The van der Waals surface area contributed by atoms with Crippen molar-refractivity contribution in [3.8, 4) is 0 Å². The summed E-state index contributed by atoms with van der Waals surface area (Å²) in [5.74, 6) is 6.73. The fraction of sp³-hybridized carbons (Fsp3) is 0.316. The number of hydrogen-bond donors (Lipinski definition) is 2. The molecule has 0 spiro atoms. The Bertz CT molecular complexity index is 1150. The number of thioether (sulfide) groups is 1. The number of sulfone groups is 1. The van der Waals surface area contributed by atoms with Gasteiger partial charge < -0.3 is 11.2 Å². The zero-order chi connectivity index (χ0) is 20.4. The standard InChI is InChI=1S/C19H21N5O3S2/c20-24-17(10-14-6-3-5-13-4-1-2-7-16(13)14)22-23-19(24)28-11-18(25)21-15-8-9-29(26,27)12-15/h1-7,15H,8-12,20H2,(H,21,25)/t15-/m1/s1. The number of hydrogen-bond acceptors (Lipinski definition) is 7. The number of carbonyl (C=O) groups excluding carboxylic acids is 1. The van der Waals surface area contributed by atoms with Crippen LogP contribution in [0.3, 0.4) is 0 Å². The highest BCUT2D eigenvalue weighted by atomic mass is 32.2. The summed E-state index contributed by atoms with van der Waals surface area (Å²) < 4.78 is 24.4. The lowest BCUT2D eigenvalue weighted by Gasteiger charge is -2.10. The molecule has 29 heavy (non-hydrogen) atoms. The van der Waals surface area contributed by atoms with Crippen molar-refractivity contribution >= 4 is 38.3 Å². The van der Waals surface area contributed by atoms with E-state index in [1.165, 1.54) is 16.4 Å². The van der Waals surface area contributed by atoms with Crippen molar-refractivity contribution < 1.29 is 13.2 Å². The minimum atomic E-state index is -3.03. The van der Waals surface area contributed by atoms with E-state index < -0.39 is 9.84 Å². The van der Waals surface area contributed by atoms with Crippen LogP contribution < -0.4 is 11.2 Å². The van der Waals surface area contributed by atoms with Gasteiger partial charge in [0.2, 0.25) is 11.1 Å². The molecule has 4 rings (SSSR count). The smallest absolute Gasteiger partial charge is 0.230 e. The summed E-state index contributed by atoms with van der Waals surface area (Å²) in [6.45, 7) is 0. The Kier molecular flexibility index (Phi) is 5.46. The minimum absolute atomic E-state index is 0.00561. The SMILES string of the molecule is Nn1c(Cc2cccc3ccccc23)nnc1SCC(=O)N[C@@H]1CCS(=O)(=O)C1. The van der Waals surface area contributed by atoms with Crippen LogP contribution in [0, 0.1) is 0 Å². The molecule has 3 aromatic rings. The van der Waals surface area contributed by atoms with Gasteiger partial charge in [-0.3, -0.25) is 4.79 Å². The van der Waals surface area contributed by atoms with Crippen LogP contribution in [0.5, 0.6) is 0 Å². The van der Waals surface area contributed by atoms with Crippen molar-refractivity contribution in [1.29, 1.82) is 0 Å². The van der Waals surface area contributed by atoms with Gasteiger partial charge in [0.15, 0.2) is 15.7 Å². The van der Waals surface area contributed by atoms with Gasteiger partial charge in [-0.2, -0.15) is 0 Å². The summed E-state index contributed by atoms with van der Waals surface area (Å²) in [7, 11) is -3.03. The molecule has 1 amide bonds. The third kappa shape index (κ3) is 4.54. The van der Waals surface area contributed by atoms with Gasteiger partial charge >= 0.3 is 0 Å². The van der Waals surface area contributed by atoms with Crippen LogP contribution in [0.4, 0.5) is 0 Å². The Morgan fingerprint density at radius 3 is 2.79 bits per heavy atom. The maximum absolute atomic E-state index is 12.1.